The summed E-state index contributed by atoms with van der Waals surface area (Å²) in [6.45, 7) is 10.3. The topological polar surface area (TPSA) is 54.9 Å². The Morgan fingerprint density at radius 1 is 1.19 bits per heavy atom. The molecule has 0 bridgehead atoms. The average Bonchev–Trinajstić information content (AvgIpc) is 3.41. The van der Waals surface area contributed by atoms with E-state index in [4.69, 9.17) is 9.47 Å². The smallest absolute Gasteiger partial charge is 0.191 e. The van der Waals surface area contributed by atoms with Gasteiger partial charge in [-0.2, -0.15) is 0 Å². The minimum absolute atomic E-state index is 0.395. The molecule has 26 heavy (non-hydrogen) atoms. The van der Waals surface area contributed by atoms with Crippen LogP contribution >= 0.6 is 0 Å². The van der Waals surface area contributed by atoms with Crippen LogP contribution in [-0.2, 0) is 11.3 Å². The highest BCUT2D eigenvalue weighted by atomic mass is 16.5. The van der Waals surface area contributed by atoms with Gasteiger partial charge in [-0.1, -0.05) is 19.1 Å². The lowest BCUT2D eigenvalue weighted by molar-refractivity contribution is 0.128. The van der Waals surface area contributed by atoms with E-state index >= 15 is 0 Å². The summed E-state index contributed by atoms with van der Waals surface area (Å²) in [6.07, 6.45) is 4.68. The number of benzene rings is 1. The van der Waals surface area contributed by atoms with E-state index in [2.05, 4.69) is 47.7 Å². The van der Waals surface area contributed by atoms with E-state index in [1.54, 1.807) is 0 Å². The molecular formula is C21H35N3O2. The molecule has 0 unspecified atom stereocenters. The molecule has 2 N–H and O–H groups in total. The fourth-order valence-corrected chi connectivity index (χ4v) is 2.95. The highest BCUT2D eigenvalue weighted by molar-refractivity contribution is 5.79. The summed E-state index contributed by atoms with van der Waals surface area (Å²) in [4.78, 5) is 4.36. The van der Waals surface area contributed by atoms with Crippen LogP contribution < -0.4 is 15.4 Å². The standard InChI is InChI=1S/C21H35N3O2/c1-5-12-26-19-14-17(3)7-8-18(19)15-23-20(22-4)24-16-21(9-10-21)11-13-25-6-2/h7-8,14H,5-6,9-13,15-16H2,1-4H3,(H2,22,23,24). The van der Waals surface area contributed by atoms with E-state index < -0.39 is 0 Å². The largest absolute Gasteiger partial charge is 0.493 e. The summed E-state index contributed by atoms with van der Waals surface area (Å²) < 4.78 is 11.4. The minimum atomic E-state index is 0.395. The lowest BCUT2D eigenvalue weighted by Gasteiger charge is -2.19. The zero-order valence-electron chi connectivity index (χ0n) is 16.9. The van der Waals surface area contributed by atoms with Gasteiger partial charge in [-0.05, 0) is 56.6 Å². The molecule has 5 nitrogen and oxygen atoms in total. The fourth-order valence-electron chi connectivity index (χ4n) is 2.95. The van der Waals surface area contributed by atoms with Crippen molar-refractivity contribution in [2.24, 2.45) is 10.4 Å². The summed E-state index contributed by atoms with van der Waals surface area (Å²) in [5.74, 6) is 1.81. The van der Waals surface area contributed by atoms with E-state index in [0.717, 1.165) is 56.5 Å². The molecule has 0 spiro atoms. The van der Waals surface area contributed by atoms with Crippen molar-refractivity contribution in [1.29, 1.82) is 0 Å². The molecular weight excluding hydrogens is 326 g/mol. The fraction of sp³-hybridized carbons (Fsp3) is 0.667. The maximum Gasteiger partial charge on any atom is 0.191 e. The molecule has 0 radical (unpaired) electrons. The highest BCUT2D eigenvalue weighted by Gasteiger charge is 2.41. The minimum Gasteiger partial charge on any atom is -0.493 e. The molecule has 0 heterocycles. The molecule has 0 atom stereocenters. The molecule has 2 rings (SSSR count). The molecule has 0 aromatic heterocycles. The molecule has 0 saturated heterocycles. The summed E-state index contributed by atoms with van der Waals surface area (Å²) in [7, 11) is 1.82. The van der Waals surface area contributed by atoms with Crippen LogP contribution in [0, 0.1) is 12.3 Å². The van der Waals surface area contributed by atoms with Gasteiger partial charge in [0.25, 0.3) is 0 Å². The maximum atomic E-state index is 5.90. The van der Waals surface area contributed by atoms with Gasteiger partial charge < -0.3 is 20.1 Å². The van der Waals surface area contributed by atoms with Crippen LogP contribution in [0.3, 0.4) is 0 Å². The Morgan fingerprint density at radius 3 is 2.65 bits per heavy atom. The predicted octanol–water partition coefficient (Wildman–Crippen LogP) is 3.66. The molecule has 1 aliphatic carbocycles. The molecule has 1 aromatic rings. The zero-order chi connectivity index (χ0) is 18.8. The summed E-state index contributed by atoms with van der Waals surface area (Å²) in [5.41, 5.74) is 2.77. The van der Waals surface area contributed by atoms with Gasteiger partial charge in [0.15, 0.2) is 5.96 Å². The molecule has 1 saturated carbocycles. The number of aliphatic imine (C=N–C) groups is 1. The van der Waals surface area contributed by atoms with E-state index in [1.165, 1.54) is 18.4 Å². The second-order valence-corrected chi connectivity index (χ2v) is 7.19. The Balaban J connectivity index is 1.83. The SMILES string of the molecule is CCCOc1cc(C)ccc1CNC(=NC)NCC1(CCOCC)CC1. The Hall–Kier alpha value is -1.75. The normalized spacial score (nSPS) is 15.6. The molecule has 1 aromatic carbocycles. The Labute approximate surface area is 158 Å². The average molecular weight is 362 g/mol. The first kappa shape index (κ1) is 20.6. The Bertz CT molecular complexity index is 583. The first-order valence-electron chi connectivity index (χ1n) is 9.87. The highest BCUT2D eigenvalue weighted by Crippen LogP contribution is 2.48. The molecule has 1 aliphatic rings. The third-order valence-corrected chi connectivity index (χ3v) is 4.92. The lowest BCUT2D eigenvalue weighted by Crippen LogP contribution is -2.40. The van der Waals surface area contributed by atoms with Crippen molar-refractivity contribution in [2.45, 2.75) is 53.0 Å². The van der Waals surface area contributed by atoms with E-state index in [0.29, 0.717) is 12.0 Å². The maximum absolute atomic E-state index is 5.90. The van der Waals surface area contributed by atoms with E-state index in [1.807, 2.05) is 14.0 Å². The van der Waals surface area contributed by atoms with E-state index in [9.17, 15) is 0 Å². The van der Waals surface area contributed by atoms with Crippen molar-refractivity contribution in [1.82, 2.24) is 10.6 Å². The third-order valence-electron chi connectivity index (χ3n) is 4.92. The molecule has 1 fully saturated rings. The number of hydrogen-bond acceptors (Lipinski definition) is 3. The van der Waals surface area contributed by atoms with Crippen LogP contribution in [0.25, 0.3) is 0 Å². The number of ether oxygens (including phenoxy) is 2. The van der Waals surface area contributed by atoms with Crippen LogP contribution in [0.4, 0.5) is 0 Å². The molecule has 146 valence electrons. The first-order valence-corrected chi connectivity index (χ1v) is 9.87. The van der Waals surface area contributed by atoms with Crippen molar-refractivity contribution in [3.8, 4) is 5.75 Å². The number of hydrogen-bond donors (Lipinski definition) is 2. The Morgan fingerprint density at radius 2 is 2.00 bits per heavy atom. The number of guanidine groups is 1. The van der Waals surface area contributed by atoms with Gasteiger partial charge in [-0.3, -0.25) is 4.99 Å². The molecule has 0 amide bonds. The van der Waals surface area contributed by atoms with Crippen LogP contribution in [0.5, 0.6) is 5.75 Å². The van der Waals surface area contributed by atoms with Crippen molar-refractivity contribution in [3.63, 3.8) is 0 Å². The quantitative estimate of drug-likeness (QED) is 0.359. The van der Waals surface area contributed by atoms with Gasteiger partial charge in [-0.25, -0.2) is 0 Å². The summed E-state index contributed by atoms with van der Waals surface area (Å²) in [6, 6.07) is 6.36. The number of aryl methyl sites for hydroxylation is 1. The van der Waals surface area contributed by atoms with Crippen molar-refractivity contribution >= 4 is 5.96 Å². The monoisotopic (exact) mass is 361 g/mol. The molecule has 0 aliphatic heterocycles. The van der Waals surface area contributed by atoms with E-state index in [-0.39, 0.29) is 0 Å². The number of nitrogens with zero attached hydrogens (tertiary/aromatic N) is 1. The van der Waals surface area contributed by atoms with Crippen molar-refractivity contribution in [3.05, 3.63) is 29.3 Å². The van der Waals surface area contributed by atoms with Crippen LogP contribution in [-0.4, -0.2) is 39.4 Å². The van der Waals surface area contributed by atoms with Gasteiger partial charge in [0, 0.05) is 38.9 Å². The second-order valence-electron chi connectivity index (χ2n) is 7.19. The number of rotatable bonds is 11. The first-order chi connectivity index (χ1) is 12.6. The zero-order valence-corrected chi connectivity index (χ0v) is 16.9. The third kappa shape index (κ3) is 6.52. The predicted molar refractivity (Wildman–Crippen MR) is 108 cm³/mol. The van der Waals surface area contributed by atoms with Gasteiger partial charge in [0.05, 0.1) is 6.61 Å². The summed E-state index contributed by atoms with van der Waals surface area (Å²) >= 11 is 0. The number of nitrogens with one attached hydrogen (secondary N) is 2. The Kier molecular flexibility index (Phi) is 8.23. The van der Waals surface area contributed by atoms with Gasteiger partial charge in [0.2, 0.25) is 0 Å². The van der Waals surface area contributed by atoms with Crippen LogP contribution in [0.2, 0.25) is 0 Å². The van der Waals surface area contributed by atoms with Crippen molar-refractivity contribution < 1.29 is 9.47 Å². The lowest BCUT2D eigenvalue weighted by atomic mass is 10.0. The molecule has 5 heteroatoms. The van der Waals surface area contributed by atoms with Crippen molar-refractivity contribution in [2.75, 3.05) is 33.4 Å². The second kappa shape index (κ2) is 10.4. The summed E-state index contributed by atoms with van der Waals surface area (Å²) in [5, 5.41) is 6.90. The van der Waals surface area contributed by atoms with Gasteiger partial charge in [0.1, 0.15) is 5.75 Å². The van der Waals surface area contributed by atoms with Crippen LogP contribution in [0.15, 0.2) is 23.2 Å². The van der Waals surface area contributed by atoms with Gasteiger partial charge in [-0.15, -0.1) is 0 Å². The van der Waals surface area contributed by atoms with Crippen LogP contribution in [0.1, 0.15) is 50.7 Å². The van der Waals surface area contributed by atoms with Gasteiger partial charge >= 0.3 is 0 Å².